The number of aliphatic carboxylic acids is 1. The lowest BCUT2D eigenvalue weighted by Gasteiger charge is -2.21. The van der Waals surface area contributed by atoms with Crippen LogP contribution in [0.15, 0.2) is 60.7 Å². The summed E-state index contributed by atoms with van der Waals surface area (Å²) in [5.41, 5.74) is 1.96. The van der Waals surface area contributed by atoms with Gasteiger partial charge in [-0.05, 0) is 17.5 Å². The van der Waals surface area contributed by atoms with Crippen LogP contribution in [0.5, 0.6) is 0 Å². The van der Waals surface area contributed by atoms with Crippen LogP contribution in [-0.2, 0) is 14.3 Å². The molecule has 0 atom stereocenters. The molecule has 0 saturated carbocycles. The lowest BCUT2D eigenvalue weighted by Crippen LogP contribution is -2.32. The average molecular weight is 341 g/mol. The fourth-order valence-corrected chi connectivity index (χ4v) is 2.50. The van der Waals surface area contributed by atoms with Gasteiger partial charge >= 0.3 is 5.97 Å². The molecule has 0 aliphatic heterocycles. The number of rotatable bonds is 9. The lowest BCUT2D eigenvalue weighted by atomic mass is 10.0. The van der Waals surface area contributed by atoms with Crippen molar-refractivity contribution in [1.82, 2.24) is 4.90 Å². The summed E-state index contributed by atoms with van der Waals surface area (Å²) in [6.45, 7) is 0.341. The standard InChI is InChI=1S/C20H23NO4/c1-21(14-8-13-19(23)24)18(22)15-25-20(16-9-4-2-5-10-16)17-11-6-3-7-12-17/h2-7,9-12,20H,8,13-15H2,1H3,(H,23,24). The predicted molar refractivity (Wildman–Crippen MR) is 95.2 cm³/mol. The number of hydrogen-bond donors (Lipinski definition) is 1. The van der Waals surface area contributed by atoms with Crippen molar-refractivity contribution in [1.29, 1.82) is 0 Å². The molecule has 0 fully saturated rings. The van der Waals surface area contributed by atoms with Crippen LogP contribution in [0, 0.1) is 0 Å². The van der Waals surface area contributed by atoms with Crippen LogP contribution >= 0.6 is 0 Å². The number of carbonyl (C=O) groups is 2. The van der Waals surface area contributed by atoms with Crippen LogP contribution in [0.2, 0.25) is 0 Å². The first-order chi connectivity index (χ1) is 12.1. The summed E-state index contributed by atoms with van der Waals surface area (Å²) < 4.78 is 5.92. The Bertz CT molecular complexity index is 633. The molecule has 0 aromatic heterocycles. The second-order valence-corrected chi connectivity index (χ2v) is 5.82. The monoisotopic (exact) mass is 341 g/mol. The third-order valence-electron chi connectivity index (χ3n) is 3.89. The summed E-state index contributed by atoms with van der Waals surface area (Å²) in [4.78, 5) is 24.3. The van der Waals surface area contributed by atoms with E-state index in [1.807, 2.05) is 60.7 Å². The van der Waals surface area contributed by atoms with Gasteiger partial charge in [-0.25, -0.2) is 0 Å². The van der Waals surface area contributed by atoms with Gasteiger partial charge in [0.2, 0.25) is 5.91 Å². The fourth-order valence-electron chi connectivity index (χ4n) is 2.50. The second-order valence-electron chi connectivity index (χ2n) is 5.82. The summed E-state index contributed by atoms with van der Waals surface area (Å²) in [5.74, 6) is -1.02. The van der Waals surface area contributed by atoms with E-state index in [4.69, 9.17) is 9.84 Å². The van der Waals surface area contributed by atoms with Crippen LogP contribution in [0.3, 0.4) is 0 Å². The maximum atomic E-state index is 12.2. The maximum Gasteiger partial charge on any atom is 0.303 e. The van der Waals surface area contributed by atoms with Crippen molar-refractivity contribution in [3.63, 3.8) is 0 Å². The van der Waals surface area contributed by atoms with Gasteiger partial charge in [-0.1, -0.05) is 60.7 Å². The highest BCUT2D eigenvalue weighted by molar-refractivity contribution is 5.77. The predicted octanol–water partition coefficient (Wildman–Crippen LogP) is 3.12. The largest absolute Gasteiger partial charge is 0.481 e. The Hall–Kier alpha value is -2.66. The fraction of sp³-hybridized carbons (Fsp3) is 0.300. The van der Waals surface area contributed by atoms with Crippen molar-refractivity contribution in [2.24, 2.45) is 0 Å². The molecular weight excluding hydrogens is 318 g/mol. The number of ether oxygens (including phenoxy) is 1. The molecule has 25 heavy (non-hydrogen) atoms. The van der Waals surface area contributed by atoms with Gasteiger partial charge in [0.1, 0.15) is 12.7 Å². The van der Waals surface area contributed by atoms with E-state index in [2.05, 4.69) is 0 Å². The van der Waals surface area contributed by atoms with Gasteiger partial charge in [-0.15, -0.1) is 0 Å². The van der Waals surface area contributed by atoms with Crippen molar-refractivity contribution in [3.8, 4) is 0 Å². The SMILES string of the molecule is CN(CCCC(=O)O)C(=O)COC(c1ccccc1)c1ccccc1. The quantitative estimate of drug-likeness (QED) is 0.761. The first-order valence-electron chi connectivity index (χ1n) is 8.25. The molecule has 0 aliphatic rings. The number of carboxylic acid groups (broad SMARTS) is 1. The van der Waals surface area contributed by atoms with Gasteiger partial charge in [-0.3, -0.25) is 9.59 Å². The first-order valence-corrected chi connectivity index (χ1v) is 8.25. The topological polar surface area (TPSA) is 66.8 Å². The molecule has 0 heterocycles. The minimum Gasteiger partial charge on any atom is -0.481 e. The Kier molecular flexibility index (Phi) is 7.16. The molecule has 2 rings (SSSR count). The van der Waals surface area contributed by atoms with Crippen molar-refractivity contribution in [2.75, 3.05) is 20.2 Å². The number of hydrogen-bond acceptors (Lipinski definition) is 3. The van der Waals surface area contributed by atoms with Gasteiger partial charge in [-0.2, -0.15) is 0 Å². The zero-order valence-corrected chi connectivity index (χ0v) is 14.3. The van der Waals surface area contributed by atoms with E-state index in [0.29, 0.717) is 13.0 Å². The number of carbonyl (C=O) groups excluding carboxylic acids is 1. The minimum atomic E-state index is -0.856. The van der Waals surface area contributed by atoms with Crippen molar-refractivity contribution >= 4 is 11.9 Å². The highest BCUT2D eigenvalue weighted by atomic mass is 16.5. The van der Waals surface area contributed by atoms with Crippen LogP contribution < -0.4 is 0 Å². The van der Waals surface area contributed by atoms with E-state index in [1.54, 1.807) is 7.05 Å². The molecule has 0 saturated heterocycles. The first kappa shape index (κ1) is 18.7. The van der Waals surface area contributed by atoms with Crippen molar-refractivity contribution in [2.45, 2.75) is 18.9 Å². The van der Waals surface area contributed by atoms with E-state index in [0.717, 1.165) is 11.1 Å². The van der Waals surface area contributed by atoms with Crippen LogP contribution in [0.4, 0.5) is 0 Å². The van der Waals surface area contributed by atoms with E-state index in [1.165, 1.54) is 4.90 Å². The molecule has 0 spiro atoms. The molecule has 0 radical (unpaired) electrons. The van der Waals surface area contributed by atoms with E-state index >= 15 is 0 Å². The Balaban J connectivity index is 1.98. The van der Waals surface area contributed by atoms with Gasteiger partial charge in [0.05, 0.1) is 0 Å². The van der Waals surface area contributed by atoms with Crippen LogP contribution in [-0.4, -0.2) is 42.1 Å². The molecule has 5 heteroatoms. The Morgan fingerprint density at radius 2 is 1.52 bits per heavy atom. The highest BCUT2D eigenvalue weighted by Crippen LogP contribution is 2.25. The Morgan fingerprint density at radius 1 is 1.00 bits per heavy atom. The average Bonchev–Trinajstić information content (AvgIpc) is 2.63. The van der Waals surface area contributed by atoms with Crippen LogP contribution in [0.1, 0.15) is 30.1 Å². The van der Waals surface area contributed by atoms with Gasteiger partial charge in [0.15, 0.2) is 0 Å². The van der Waals surface area contributed by atoms with Crippen molar-refractivity contribution < 1.29 is 19.4 Å². The summed E-state index contributed by atoms with van der Waals surface area (Å²) >= 11 is 0. The number of likely N-dealkylation sites (N-methyl/N-ethyl adjacent to an activating group) is 1. The molecule has 1 amide bonds. The summed E-state index contributed by atoms with van der Waals surface area (Å²) in [6, 6.07) is 19.5. The minimum absolute atomic E-state index is 0.0507. The molecule has 2 aromatic carbocycles. The molecule has 0 unspecified atom stereocenters. The molecule has 0 aliphatic carbocycles. The maximum absolute atomic E-state index is 12.2. The zero-order chi connectivity index (χ0) is 18.1. The molecule has 132 valence electrons. The number of amides is 1. The van der Waals surface area contributed by atoms with Gasteiger partial charge in [0.25, 0.3) is 0 Å². The third kappa shape index (κ3) is 6.04. The van der Waals surface area contributed by atoms with Crippen LogP contribution in [0.25, 0.3) is 0 Å². The molecular formula is C20H23NO4. The Labute approximate surface area is 147 Å². The van der Waals surface area contributed by atoms with E-state index < -0.39 is 5.97 Å². The van der Waals surface area contributed by atoms with Gasteiger partial charge in [0, 0.05) is 20.0 Å². The second kappa shape index (κ2) is 9.59. The normalized spacial score (nSPS) is 10.6. The summed E-state index contributed by atoms with van der Waals surface area (Å²) in [7, 11) is 1.66. The van der Waals surface area contributed by atoms with Gasteiger partial charge < -0.3 is 14.7 Å². The lowest BCUT2D eigenvalue weighted by molar-refractivity contribution is -0.139. The molecule has 0 bridgehead atoms. The van der Waals surface area contributed by atoms with E-state index in [9.17, 15) is 9.59 Å². The molecule has 2 aromatic rings. The number of benzene rings is 2. The highest BCUT2D eigenvalue weighted by Gasteiger charge is 2.17. The molecule has 5 nitrogen and oxygen atoms in total. The summed E-state index contributed by atoms with van der Waals surface area (Å²) in [5, 5.41) is 8.67. The zero-order valence-electron chi connectivity index (χ0n) is 14.3. The number of nitrogens with zero attached hydrogens (tertiary/aromatic N) is 1. The smallest absolute Gasteiger partial charge is 0.303 e. The molecule has 1 N–H and O–H groups in total. The van der Waals surface area contributed by atoms with E-state index in [-0.39, 0.29) is 25.0 Å². The van der Waals surface area contributed by atoms with Crippen molar-refractivity contribution in [3.05, 3.63) is 71.8 Å². The third-order valence-corrected chi connectivity index (χ3v) is 3.89. The number of carboxylic acids is 1. The summed E-state index contributed by atoms with van der Waals surface area (Å²) in [6.07, 6.45) is 0.159. The Morgan fingerprint density at radius 3 is 2.00 bits per heavy atom.